The van der Waals surface area contributed by atoms with Gasteiger partial charge in [-0.15, -0.1) is 5.10 Å². The molecule has 0 spiro atoms. The molecule has 5 aromatic rings. The highest BCUT2D eigenvalue weighted by molar-refractivity contribution is 6.06. The quantitative estimate of drug-likeness (QED) is 0.291. The molecular weight excluding hydrogens is 370 g/mol. The molecule has 5 rings (SSSR count). The predicted molar refractivity (Wildman–Crippen MR) is 121 cm³/mol. The maximum Gasteiger partial charge on any atom is 0.185 e. The van der Waals surface area contributed by atoms with Gasteiger partial charge in [0.2, 0.25) is 0 Å². The number of nitrogens with zero attached hydrogens (tertiary/aromatic N) is 3. The van der Waals surface area contributed by atoms with Crippen LogP contribution < -0.4 is 0 Å². The summed E-state index contributed by atoms with van der Waals surface area (Å²) >= 11 is 0. The molecule has 3 aromatic carbocycles. The highest BCUT2D eigenvalue weighted by Crippen LogP contribution is 2.20. The number of rotatable bonds is 3. The Balaban J connectivity index is 0.000000146. The van der Waals surface area contributed by atoms with Crippen molar-refractivity contribution in [1.82, 2.24) is 15.2 Å². The minimum Gasteiger partial charge on any atom is -0.289 e. The molecule has 0 radical (unpaired) electrons. The third-order valence-electron chi connectivity index (χ3n) is 4.55. The Morgan fingerprint density at radius 3 is 2.30 bits per heavy atom. The zero-order valence-electron chi connectivity index (χ0n) is 16.2. The number of fused-ring (bicyclic) bond motifs is 3. The molecule has 0 aliphatic heterocycles. The van der Waals surface area contributed by atoms with E-state index in [1.807, 2.05) is 97.1 Å². The molecule has 4 heteroatoms. The van der Waals surface area contributed by atoms with E-state index in [0.717, 1.165) is 32.9 Å². The molecule has 0 bridgehead atoms. The SMILES string of the molecule is O=C(C=Cc1ccccc1)c1ccccc1.c1cnnc2c(c1)ccc1nccc12. The second kappa shape index (κ2) is 9.34. The second-order valence-corrected chi connectivity index (χ2v) is 6.58. The molecule has 0 unspecified atom stereocenters. The van der Waals surface area contributed by atoms with Crippen molar-refractivity contribution in [2.24, 2.45) is 0 Å². The number of allylic oxidation sites excluding steroid dienone is 1. The van der Waals surface area contributed by atoms with Gasteiger partial charge in [0.15, 0.2) is 5.78 Å². The molecule has 0 saturated heterocycles. The Bertz CT molecular complexity index is 1300. The van der Waals surface area contributed by atoms with Crippen LogP contribution in [-0.4, -0.2) is 21.0 Å². The third-order valence-corrected chi connectivity index (χ3v) is 4.55. The van der Waals surface area contributed by atoms with Gasteiger partial charge >= 0.3 is 0 Å². The van der Waals surface area contributed by atoms with Gasteiger partial charge in [-0.1, -0.05) is 78.9 Å². The van der Waals surface area contributed by atoms with Gasteiger partial charge in [-0.2, -0.15) is 5.10 Å². The Labute approximate surface area is 174 Å². The van der Waals surface area contributed by atoms with Gasteiger partial charge < -0.3 is 0 Å². The zero-order chi connectivity index (χ0) is 20.6. The molecule has 0 fully saturated rings. The van der Waals surface area contributed by atoms with Crippen molar-refractivity contribution >= 4 is 33.7 Å². The average Bonchev–Trinajstić information content (AvgIpc) is 3.16. The molecule has 0 saturated carbocycles. The number of benzene rings is 3. The van der Waals surface area contributed by atoms with Gasteiger partial charge in [0.05, 0.1) is 5.52 Å². The minimum atomic E-state index is 0.0319. The maximum absolute atomic E-state index is 11.7. The Kier molecular flexibility index (Phi) is 5.97. The van der Waals surface area contributed by atoms with Crippen LogP contribution in [0.5, 0.6) is 0 Å². The van der Waals surface area contributed by atoms with E-state index in [1.54, 1.807) is 18.5 Å². The number of carbonyl (C=O) groups is 1. The zero-order valence-corrected chi connectivity index (χ0v) is 16.2. The first-order valence-corrected chi connectivity index (χ1v) is 9.59. The summed E-state index contributed by atoms with van der Waals surface area (Å²) in [7, 11) is 0. The van der Waals surface area contributed by atoms with Crippen LogP contribution in [0.4, 0.5) is 0 Å². The lowest BCUT2D eigenvalue weighted by Gasteiger charge is -1.94. The normalized spacial score (nSPS) is 10.7. The Morgan fingerprint density at radius 2 is 1.50 bits per heavy atom. The van der Waals surface area contributed by atoms with Crippen LogP contribution in [0.15, 0.2) is 109 Å². The first kappa shape index (κ1) is 19.2. The van der Waals surface area contributed by atoms with Gasteiger partial charge in [-0.3, -0.25) is 9.78 Å². The number of hydrogen-bond donors (Lipinski definition) is 0. The highest BCUT2D eigenvalue weighted by atomic mass is 16.1. The smallest absolute Gasteiger partial charge is 0.185 e. The van der Waals surface area contributed by atoms with Crippen molar-refractivity contribution in [1.29, 1.82) is 0 Å². The number of carbonyl (C=O) groups excluding carboxylic acids is 1. The Hall–Kier alpha value is -4.18. The number of ketones is 1. The third kappa shape index (κ3) is 4.62. The maximum atomic E-state index is 11.7. The first-order chi connectivity index (χ1) is 14.8. The molecule has 2 heterocycles. The van der Waals surface area contributed by atoms with Crippen molar-refractivity contribution in [3.63, 3.8) is 0 Å². The van der Waals surface area contributed by atoms with Crippen molar-refractivity contribution in [2.45, 2.75) is 0 Å². The van der Waals surface area contributed by atoms with Gasteiger partial charge in [-0.05, 0) is 29.8 Å². The summed E-state index contributed by atoms with van der Waals surface area (Å²) < 4.78 is 0. The van der Waals surface area contributed by atoms with Crippen LogP contribution in [0, 0.1) is 0 Å². The molecule has 2 aromatic heterocycles. The summed E-state index contributed by atoms with van der Waals surface area (Å²) in [6.07, 6.45) is 6.90. The fourth-order valence-corrected chi connectivity index (χ4v) is 3.04. The van der Waals surface area contributed by atoms with E-state index in [1.165, 1.54) is 0 Å². The topological polar surface area (TPSA) is 55.7 Å². The second-order valence-electron chi connectivity index (χ2n) is 6.58. The Morgan fingerprint density at radius 1 is 0.733 bits per heavy atom. The lowest BCUT2D eigenvalue weighted by Crippen LogP contribution is -1.92. The summed E-state index contributed by atoms with van der Waals surface area (Å²) in [6.45, 7) is 0. The summed E-state index contributed by atoms with van der Waals surface area (Å²) in [4.78, 5) is 16.0. The van der Waals surface area contributed by atoms with Gasteiger partial charge in [0.1, 0.15) is 5.52 Å². The number of hydrogen-bond acceptors (Lipinski definition) is 4. The lowest BCUT2D eigenvalue weighted by molar-refractivity contribution is 0.104. The van der Waals surface area contributed by atoms with Crippen molar-refractivity contribution in [3.05, 3.63) is 121 Å². The monoisotopic (exact) mass is 389 g/mol. The minimum absolute atomic E-state index is 0.0319. The van der Waals surface area contributed by atoms with Gasteiger partial charge in [0.25, 0.3) is 0 Å². The molecule has 144 valence electrons. The van der Waals surface area contributed by atoms with Crippen LogP contribution in [0.3, 0.4) is 0 Å². The highest BCUT2D eigenvalue weighted by Gasteiger charge is 2.01. The van der Waals surface area contributed by atoms with Gasteiger partial charge in [0, 0.05) is 28.7 Å². The van der Waals surface area contributed by atoms with Crippen LogP contribution in [-0.2, 0) is 0 Å². The molecule has 4 nitrogen and oxygen atoms in total. The summed E-state index contributed by atoms with van der Waals surface area (Å²) in [5.41, 5.74) is 3.63. The van der Waals surface area contributed by atoms with E-state index in [-0.39, 0.29) is 5.78 Å². The first-order valence-electron chi connectivity index (χ1n) is 9.59. The standard InChI is InChI=1S/C15H12O.C11H7N3/c16-15(14-9-5-2-6-10-14)12-11-13-7-3-1-4-8-13;1-2-8-3-4-10-9(5-7-12-10)11(8)14-13-6-1/h1-12H;1-7H. The number of aromatic nitrogens is 3. The van der Waals surface area contributed by atoms with Crippen LogP contribution >= 0.6 is 0 Å². The van der Waals surface area contributed by atoms with Crippen molar-refractivity contribution in [2.75, 3.05) is 0 Å². The molecule has 30 heavy (non-hydrogen) atoms. The van der Waals surface area contributed by atoms with Gasteiger partial charge in [-0.25, -0.2) is 0 Å². The average molecular weight is 389 g/mol. The van der Waals surface area contributed by atoms with E-state index in [9.17, 15) is 4.79 Å². The molecule has 0 aliphatic rings. The summed E-state index contributed by atoms with van der Waals surface area (Å²) in [6, 6.07) is 28.9. The fourth-order valence-electron chi connectivity index (χ4n) is 3.04. The van der Waals surface area contributed by atoms with E-state index in [4.69, 9.17) is 0 Å². The van der Waals surface area contributed by atoms with Crippen LogP contribution in [0.2, 0.25) is 0 Å². The molecule has 0 atom stereocenters. The molecule has 0 amide bonds. The summed E-state index contributed by atoms with van der Waals surface area (Å²) in [5, 5.41) is 10.2. The molecule has 0 aliphatic carbocycles. The van der Waals surface area contributed by atoms with E-state index in [2.05, 4.69) is 15.2 Å². The molecule has 0 N–H and O–H groups in total. The van der Waals surface area contributed by atoms with Crippen molar-refractivity contribution < 1.29 is 4.79 Å². The van der Waals surface area contributed by atoms with Crippen molar-refractivity contribution in [3.8, 4) is 0 Å². The van der Waals surface area contributed by atoms with E-state index >= 15 is 0 Å². The fraction of sp³-hybridized carbons (Fsp3) is 0. The van der Waals surface area contributed by atoms with Crippen LogP contribution in [0.25, 0.3) is 27.9 Å². The van der Waals surface area contributed by atoms with Crippen LogP contribution in [0.1, 0.15) is 15.9 Å². The predicted octanol–water partition coefficient (Wildman–Crippen LogP) is 5.76. The van der Waals surface area contributed by atoms with E-state index in [0.29, 0.717) is 0 Å². The largest absolute Gasteiger partial charge is 0.289 e. The lowest BCUT2D eigenvalue weighted by atomic mass is 10.1. The molecular formula is C26H19N3O. The summed E-state index contributed by atoms with van der Waals surface area (Å²) in [5.74, 6) is 0.0319. The van der Waals surface area contributed by atoms with E-state index < -0.39 is 0 Å².